The Bertz CT molecular complexity index is 811. The monoisotopic (exact) mass is 338 g/mol. The van der Waals surface area contributed by atoms with Crippen molar-refractivity contribution >= 4 is 17.5 Å². The van der Waals surface area contributed by atoms with Crippen LogP contribution in [-0.2, 0) is 11.2 Å². The van der Waals surface area contributed by atoms with Gasteiger partial charge < -0.3 is 9.47 Å². The van der Waals surface area contributed by atoms with E-state index in [0.29, 0.717) is 6.42 Å². The predicted octanol–water partition coefficient (Wildman–Crippen LogP) is 4.54. The molecule has 3 nitrogen and oxygen atoms in total. The van der Waals surface area contributed by atoms with Gasteiger partial charge in [0.1, 0.15) is 11.9 Å². The van der Waals surface area contributed by atoms with Crippen LogP contribution in [0.2, 0.25) is 0 Å². The third-order valence-electron chi connectivity index (χ3n) is 4.53. The van der Waals surface area contributed by atoms with Crippen molar-refractivity contribution in [2.24, 2.45) is 0 Å². The molecule has 4 heteroatoms. The van der Waals surface area contributed by atoms with Crippen LogP contribution < -0.4 is 4.74 Å². The zero-order valence-corrected chi connectivity index (χ0v) is 14.3. The van der Waals surface area contributed by atoms with E-state index in [-0.39, 0.29) is 11.9 Å². The molecule has 1 aliphatic heterocycles. The molecule has 0 aromatic heterocycles. The molecule has 1 atom stereocenters. The van der Waals surface area contributed by atoms with E-state index in [1.807, 2.05) is 36.4 Å². The van der Waals surface area contributed by atoms with Crippen molar-refractivity contribution in [3.05, 3.63) is 75.9 Å². The van der Waals surface area contributed by atoms with Crippen LogP contribution in [0.3, 0.4) is 0 Å². The lowest BCUT2D eigenvalue weighted by atomic mass is 9.87. The minimum atomic E-state index is 0.0261. The summed E-state index contributed by atoms with van der Waals surface area (Å²) in [4.78, 5) is 12.9. The van der Waals surface area contributed by atoms with Crippen LogP contribution >= 0.6 is 11.8 Å². The number of benzene rings is 2. The molecule has 1 saturated heterocycles. The van der Waals surface area contributed by atoms with Gasteiger partial charge in [-0.1, -0.05) is 54.2 Å². The number of hydrogen-bond acceptors (Lipinski definition) is 4. The summed E-state index contributed by atoms with van der Waals surface area (Å²) in [6.45, 7) is 0. The van der Waals surface area contributed by atoms with Gasteiger partial charge >= 0.3 is 0 Å². The Labute approximate surface area is 145 Å². The van der Waals surface area contributed by atoms with Gasteiger partial charge in [-0.2, -0.15) is 0 Å². The maximum Gasteiger partial charge on any atom is 0.193 e. The maximum absolute atomic E-state index is 12.9. The molecule has 0 saturated carbocycles. The first-order valence-corrected chi connectivity index (χ1v) is 9.04. The molecule has 0 amide bonds. The number of ketones is 1. The number of carbonyl (C=O) groups excluding carboxylic acids is 1. The van der Waals surface area contributed by atoms with Crippen molar-refractivity contribution in [1.29, 1.82) is 0 Å². The van der Waals surface area contributed by atoms with Crippen LogP contribution in [-0.4, -0.2) is 18.6 Å². The van der Waals surface area contributed by atoms with Gasteiger partial charge in [0.25, 0.3) is 0 Å². The Kier molecular flexibility index (Phi) is 4.07. The van der Waals surface area contributed by atoms with Crippen LogP contribution in [0.4, 0.5) is 0 Å². The fraction of sp³-hybridized carbons (Fsp3) is 0.250. The highest BCUT2D eigenvalue weighted by molar-refractivity contribution is 8.03. The number of methoxy groups -OCH3 is 1. The Morgan fingerprint density at radius 2 is 1.92 bits per heavy atom. The first-order valence-electron chi connectivity index (χ1n) is 8.06. The lowest BCUT2D eigenvalue weighted by molar-refractivity contribution is 0.101. The predicted molar refractivity (Wildman–Crippen MR) is 95.4 cm³/mol. The van der Waals surface area contributed by atoms with Crippen molar-refractivity contribution in [1.82, 2.24) is 0 Å². The van der Waals surface area contributed by atoms with Crippen molar-refractivity contribution in [2.45, 2.75) is 18.9 Å². The third kappa shape index (κ3) is 2.61. The average Bonchev–Trinajstić information content (AvgIpc) is 3.12. The van der Waals surface area contributed by atoms with E-state index in [9.17, 15) is 4.79 Å². The molecular formula is C20H18O3S. The molecule has 0 bridgehead atoms. The van der Waals surface area contributed by atoms with Crippen LogP contribution in [0.1, 0.15) is 34.0 Å². The Hall–Kier alpha value is -2.20. The highest BCUT2D eigenvalue weighted by Crippen LogP contribution is 2.43. The van der Waals surface area contributed by atoms with Crippen molar-refractivity contribution < 1.29 is 14.3 Å². The molecule has 24 heavy (non-hydrogen) atoms. The van der Waals surface area contributed by atoms with E-state index in [1.165, 1.54) is 0 Å². The van der Waals surface area contributed by atoms with Crippen molar-refractivity contribution in [3.8, 4) is 5.75 Å². The summed E-state index contributed by atoms with van der Waals surface area (Å²) in [6.07, 6.45) is 1.54. The zero-order valence-electron chi connectivity index (χ0n) is 13.5. The molecule has 2 aromatic carbocycles. The minimum Gasteiger partial charge on any atom is -0.496 e. The Balaban J connectivity index is 1.64. The van der Waals surface area contributed by atoms with E-state index in [1.54, 1.807) is 18.9 Å². The van der Waals surface area contributed by atoms with E-state index in [0.717, 1.165) is 45.3 Å². The van der Waals surface area contributed by atoms with E-state index >= 15 is 0 Å². The van der Waals surface area contributed by atoms with E-state index in [2.05, 4.69) is 12.1 Å². The minimum absolute atomic E-state index is 0.0261. The fourth-order valence-electron chi connectivity index (χ4n) is 3.29. The number of fused-ring (bicyclic) bond motifs is 1. The molecule has 1 fully saturated rings. The molecule has 1 unspecified atom stereocenters. The quantitative estimate of drug-likeness (QED) is 0.753. The smallest absolute Gasteiger partial charge is 0.193 e. The van der Waals surface area contributed by atoms with Crippen molar-refractivity contribution in [3.63, 3.8) is 0 Å². The lowest BCUT2D eigenvalue weighted by Crippen LogP contribution is -2.16. The molecule has 0 radical (unpaired) electrons. The van der Waals surface area contributed by atoms with Gasteiger partial charge in [0.05, 0.1) is 7.11 Å². The summed E-state index contributed by atoms with van der Waals surface area (Å²) in [6, 6.07) is 15.8. The van der Waals surface area contributed by atoms with Gasteiger partial charge in [-0.15, -0.1) is 0 Å². The molecule has 0 N–H and O–H groups in total. The summed E-state index contributed by atoms with van der Waals surface area (Å²) in [5, 5.41) is 0.794. The Morgan fingerprint density at radius 3 is 2.71 bits per heavy atom. The summed E-state index contributed by atoms with van der Waals surface area (Å²) >= 11 is 1.65. The van der Waals surface area contributed by atoms with E-state index in [4.69, 9.17) is 9.47 Å². The third-order valence-corrected chi connectivity index (χ3v) is 5.60. The number of hydrogen-bond donors (Lipinski definition) is 0. The van der Waals surface area contributed by atoms with Crippen LogP contribution in [0.5, 0.6) is 5.75 Å². The fourth-order valence-corrected chi connectivity index (χ4v) is 4.40. The molecule has 2 aromatic rings. The molecule has 1 heterocycles. The number of ether oxygens (including phenoxy) is 2. The SMILES string of the molecule is COc1cccc2c1CC/C(=C1\OC(c3ccccc3)CS1)C2=O. The van der Waals surface area contributed by atoms with E-state index < -0.39 is 0 Å². The maximum atomic E-state index is 12.9. The first-order chi connectivity index (χ1) is 11.8. The number of thioether (sulfide) groups is 1. The molecular weight excluding hydrogens is 320 g/mol. The first kappa shape index (κ1) is 15.3. The number of carbonyl (C=O) groups is 1. The molecule has 122 valence electrons. The lowest BCUT2D eigenvalue weighted by Gasteiger charge is -2.21. The molecule has 4 rings (SSSR count). The zero-order chi connectivity index (χ0) is 16.5. The summed E-state index contributed by atoms with van der Waals surface area (Å²) < 4.78 is 11.5. The number of allylic oxidation sites excluding steroid dienone is 1. The van der Waals surface area contributed by atoms with Crippen LogP contribution in [0, 0.1) is 0 Å². The average molecular weight is 338 g/mol. The summed E-state index contributed by atoms with van der Waals surface area (Å²) in [5.41, 5.74) is 3.72. The van der Waals surface area contributed by atoms with Gasteiger partial charge in [0.15, 0.2) is 10.9 Å². The topological polar surface area (TPSA) is 35.5 Å². The highest BCUT2D eigenvalue weighted by Gasteiger charge is 2.32. The highest BCUT2D eigenvalue weighted by atomic mass is 32.2. The van der Waals surface area contributed by atoms with Crippen LogP contribution in [0.25, 0.3) is 0 Å². The summed E-state index contributed by atoms with van der Waals surface area (Å²) in [7, 11) is 1.65. The standard InChI is InChI=1S/C20H18O3S/c1-22-17-9-5-8-15-14(17)10-11-16(19(15)21)20-23-18(12-24-20)13-6-3-2-4-7-13/h2-9,18H,10-12H2,1H3/b20-16-. The van der Waals surface area contributed by atoms with Gasteiger partial charge in [0.2, 0.25) is 0 Å². The molecule has 0 spiro atoms. The molecule has 2 aliphatic rings. The second-order valence-electron chi connectivity index (χ2n) is 5.91. The second kappa shape index (κ2) is 6.36. The van der Waals surface area contributed by atoms with Gasteiger partial charge in [0, 0.05) is 22.5 Å². The van der Waals surface area contributed by atoms with Crippen LogP contribution in [0.15, 0.2) is 59.2 Å². The van der Waals surface area contributed by atoms with Gasteiger partial charge in [-0.3, -0.25) is 4.79 Å². The largest absolute Gasteiger partial charge is 0.496 e. The Morgan fingerprint density at radius 1 is 1.08 bits per heavy atom. The molecule has 1 aliphatic carbocycles. The van der Waals surface area contributed by atoms with Crippen molar-refractivity contribution in [2.75, 3.05) is 12.9 Å². The number of rotatable bonds is 2. The number of Topliss-reactive ketones (excluding diaryl/α,β-unsaturated/α-hetero) is 1. The normalized spacial score (nSPS) is 22.9. The summed E-state index contributed by atoms with van der Waals surface area (Å²) in [5.74, 6) is 1.72. The second-order valence-corrected chi connectivity index (χ2v) is 6.90. The van der Waals surface area contributed by atoms with Gasteiger partial charge in [-0.05, 0) is 24.5 Å². The van der Waals surface area contributed by atoms with Gasteiger partial charge in [-0.25, -0.2) is 0 Å².